The Bertz CT molecular complexity index is 342. The summed E-state index contributed by atoms with van der Waals surface area (Å²) >= 11 is 0. The van der Waals surface area contributed by atoms with Gasteiger partial charge in [-0.15, -0.1) is 0 Å². The van der Waals surface area contributed by atoms with E-state index in [1.807, 2.05) is 32.2 Å². The fourth-order valence-corrected chi connectivity index (χ4v) is 1.56. The molecule has 0 aliphatic heterocycles. The second-order valence-electron chi connectivity index (χ2n) is 5.99. The third kappa shape index (κ3) is 21.0. The Labute approximate surface area is 139 Å². The molecule has 1 N–H and O–H groups in total. The number of hydrogen-bond donors (Lipinski definition) is 1. The SMILES string of the molecule is CCC.CN=C(C)NCCCCC(C)C.Cc1ccccc1. The van der Waals surface area contributed by atoms with Crippen molar-refractivity contribution >= 4 is 5.84 Å². The summed E-state index contributed by atoms with van der Waals surface area (Å²) < 4.78 is 0. The third-order valence-corrected chi connectivity index (χ3v) is 2.86. The molecule has 0 saturated carbocycles. The summed E-state index contributed by atoms with van der Waals surface area (Å²) in [5.41, 5.74) is 1.32. The Morgan fingerprint density at radius 3 is 2.00 bits per heavy atom. The average Bonchev–Trinajstić information content (AvgIpc) is 2.48. The van der Waals surface area contributed by atoms with Crippen molar-refractivity contribution in [2.75, 3.05) is 13.6 Å². The van der Waals surface area contributed by atoms with E-state index in [4.69, 9.17) is 0 Å². The molecule has 0 atom stereocenters. The fourth-order valence-electron chi connectivity index (χ4n) is 1.56. The first-order chi connectivity index (χ1) is 10.5. The van der Waals surface area contributed by atoms with Crippen LogP contribution in [0.2, 0.25) is 0 Å². The summed E-state index contributed by atoms with van der Waals surface area (Å²) in [6.45, 7) is 13.9. The van der Waals surface area contributed by atoms with Crippen LogP contribution in [0.4, 0.5) is 0 Å². The Balaban J connectivity index is 0. The average molecular weight is 307 g/mol. The Morgan fingerprint density at radius 1 is 1.09 bits per heavy atom. The van der Waals surface area contributed by atoms with Gasteiger partial charge in [-0.05, 0) is 26.2 Å². The highest BCUT2D eigenvalue weighted by molar-refractivity contribution is 5.79. The largest absolute Gasteiger partial charge is 0.374 e. The molecule has 0 fully saturated rings. The number of hydrogen-bond acceptors (Lipinski definition) is 1. The van der Waals surface area contributed by atoms with Crippen LogP contribution in [0.15, 0.2) is 35.3 Å². The number of nitrogens with zero attached hydrogens (tertiary/aromatic N) is 1. The summed E-state index contributed by atoms with van der Waals surface area (Å²) in [4.78, 5) is 4.03. The smallest absolute Gasteiger partial charge is 0.0928 e. The van der Waals surface area contributed by atoms with Crippen LogP contribution in [0.3, 0.4) is 0 Å². The molecule has 0 aliphatic carbocycles. The molecule has 2 heteroatoms. The van der Waals surface area contributed by atoms with Gasteiger partial charge in [-0.1, -0.05) is 82.9 Å². The second kappa shape index (κ2) is 17.7. The standard InChI is InChI=1S/C10H22N2.C7H8.C3H8/c1-9(2)7-5-6-8-12-10(3)11-4;1-7-5-3-2-4-6-7;1-3-2/h9H,5-8H2,1-4H3,(H,11,12);2-6H,1H3;3H2,1-2H3. The van der Waals surface area contributed by atoms with Crippen molar-refractivity contribution in [2.24, 2.45) is 10.9 Å². The second-order valence-corrected chi connectivity index (χ2v) is 5.99. The zero-order valence-electron chi connectivity index (χ0n) is 15.9. The van der Waals surface area contributed by atoms with Crippen LogP contribution in [0.1, 0.15) is 65.9 Å². The normalized spacial score (nSPS) is 10.3. The molecule has 0 aliphatic rings. The summed E-state index contributed by atoms with van der Waals surface area (Å²) in [5, 5.41) is 3.26. The van der Waals surface area contributed by atoms with Crippen molar-refractivity contribution in [2.45, 2.75) is 67.2 Å². The van der Waals surface area contributed by atoms with Crippen LogP contribution in [-0.4, -0.2) is 19.4 Å². The molecule has 0 saturated heterocycles. The van der Waals surface area contributed by atoms with Crippen molar-refractivity contribution in [3.05, 3.63) is 35.9 Å². The van der Waals surface area contributed by atoms with Gasteiger partial charge in [-0.3, -0.25) is 4.99 Å². The molecular weight excluding hydrogens is 268 g/mol. The summed E-state index contributed by atoms with van der Waals surface area (Å²) in [7, 11) is 1.82. The zero-order chi connectivity index (χ0) is 17.2. The Kier molecular flexibility index (Phi) is 18.5. The highest BCUT2D eigenvalue weighted by Gasteiger charge is 1.93. The highest BCUT2D eigenvalue weighted by Crippen LogP contribution is 2.04. The molecule has 0 radical (unpaired) electrons. The number of amidine groups is 1. The summed E-state index contributed by atoms with van der Waals surface area (Å²) in [5.74, 6) is 1.88. The maximum atomic E-state index is 4.03. The molecule has 0 aromatic heterocycles. The number of aryl methyl sites for hydroxylation is 1. The van der Waals surface area contributed by atoms with E-state index in [0.29, 0.717) is 0 Å². The van der Waals surface area contributed by atoms with E-state index in [1.54, 1.807) is 0 Å². The Hall–Kier alpha value is -1.31. The van der Waals surface area contributed by atoms with Gasteiger partial charge in [-0.25, -0.2) is 0 Å². The molecule has 0 unspecified atom stereocenters. The van der Waals surface area contributed by atoms with Gasteiger partial charge in [-0.2, -0.15) is 0 Å². The Morgan fingerprint density at radius 2 is 1.64 bits per heavy atom. The number of unbranched alkanes of at least 4 members (excludes halogenated alkanes) is 1. The number of aliphatic imine (C=N–C) groups is 1. The lowest BCUT2D eigenvalue weighted by atomic mass is 10.1. The minimum atomic E-state index is 0.839. The number of rotatable bonds is 5. The van der Waals surface area contributed by atoms with Gasteiger partial charge in [0.25, 0.3) is 0 Å². The van der Waals surface area contributed by atoms with Gasteiger partial charge in [0, 0.05) is 13.6 Å². The fraction of sp³-hybridized carbons (Fsp3) is 0.650. The first-order valence-corrected chi connectivity index (χ1v) is 8.66. The highest BCUT2D eigenvalue weighted by atomic mass is 15.0. The monoisotopic (exact) mass is 306 g/mol. The molecule has 1 aromatic carbocycles. The van der Waals surface area contributed by atoms with E-state index in [-0.39, 0.29) is 0 Å². The maximum Gasteiger partial charge on any atom is 0.0928 e. The molecule has 128 valence electrons. The lowest BCUT2D eigenvalue weighted by Crippen LogP contribution is -2.21. The number of benzene rings is 1. The molecule has 22 heavy (non-hydrogen) atoms. The predicted octanol–water partition coefficient (Wildman–Crippen LogP) is 5.86. The minimum absolute atomic E-state index is 0.839. The first kappa shape index (κ1) is 23.0. The van der Waals surface area contributed by atoms with Crippen LogP contribution in [0, 0.1) is 12.8 Å². The number of nitrogens with one attached hydrogen (secondary N) is 1. The van der Waals surface area contributed by atoms with E-state index in [0.717, 1.165) is 18.3 Å². The van der Waals surface area contributed by atoms with Crippen LogP contribution in [0.25, 0.3) is 0 Å². The van der Waals surface area contributed by atoms with Crippen LogP contribution in [0.5, 0.6) is 0 Å². The van der Waals surface area contributed by atoms with E-state index in [1.165, 1.54) is 31.2 Å². The predicted molar refractivity (Wildman–Crippen MR) is 103 cm³/mol. The van der Waals surface area contributed by atoms with Crippen molar-refractivity contribution in [1.82, 2.24) is 5.32 Å². The van der Waals surface area contributed by atoms with Crippen molar-refractivity contribution < 1.29 is 0 Å². The molecule has 0 amide bonds. The van der Waals surface area contributed by atoms with Gasteiger partial charge in [0.15, 0.2) is 0 Å². The van der Waals surface area contributed by atoms with E-state index in [2.05, 4.69) is 57.1 Å². The van der Waals surface area contributed by atoms with Gasteiger partial charge in [0.2, 0.25) is 0 Å². The van der Waals surface area contributed by atoms with Gasteiger partial charge in [0.1, 0.15) is 0 Å². The molecular formula is C20H38N2. The van der Waals surface area contributed by atoms with Crippen molar-refractivity contribution in [3.63, 3.8) is 0 Å². The van der Waals surface area contributed by atoms with Gasteiger partial charge in [0.05, 0.1) is 5.84 Å². The van der Waals surface area contributed by atoms with Gasteiger partial charge < -0.3 is 5.32 Å². The van der Waals surface area contributed by atoms with E-state index in [9.17, 15) is 0 Å². The quantitative estimate of drug-likeness (QED) is 0.411. The van der Waals surface area contributed by atoms with Gasteiger partial charge >= 0.3 is 0 Å². The maximum absolute atomic E-state index is 4.03. The molecule has 1 rings (SSSR count). The van der Waals surface area contributed by atoms with Crippen LogP contribution < -0.4 is 5.32 Å². The lowest BCUT2D eigenvalue weighted by molar-refractivity contribution is 0.535. The molecule has 2 nitrogen and oxygen atoms in total. The third-order valence-electron chi connectivity index (χ3n) is 2.86. The van der Waals surface area contributed by atoms with Crippen molar-refractivity contribution in [3.8, 4) is 0 Å². The molecule has 0 spiro atoms. The van der Waals surface area contributed by atoms with Crippen LogP contribution in [-0.2, 0) is 0 Å². The van der Waals surface area contributed by atoms with E-state index >= 15 is 0 Å². The zero-order valence-corrected chi connectivity index (χ0v) is 15.9. The molecule has 0 heterocycles. The lowest BCUT2D eigenvalue weighted by Gasteiger charge is -2.06. The summed E-state index contributed by atoms with van der Waals surface area (Å²) in [6.07, 6.45) is 5.16. The molecule has 0 bridgehead atoms. The topological polar surface area (TPSA) is 24.4 Å². The van der Waals surface area contributed by atoms with E-state index < -0.39 is 0 Å². The molecule has 1 aromatic rings. The summed E-state index contributed by atoms with van der Waals surface area (Å²) in [6, 6.07) is 10.3. The first-order valence-electron chi connectivity index (χ1n) is 8.66. The van der Waals surface area contributed by atoms with Crippen LogP contribution >= 0.6 is 0 Å². The van der Waals surface area contributed by atoms with Crippen molar-refractivity contribution in [1.29, 1.82) is 0 Å². The minimum Gasteiger partial charge on any atom is -0.374 e.